The summed E-state index contributed by atoms with van der Waals surface area (Å²) in [4.78, 5) is 0. The van der Waals surface area contributed by atoms with Crippen LogP contribution in [0, 0.1) is 5.92 Å². The van der Waals surface area contributed by atoms with Crippen LogP contribution in [0.15, 0.2) is 0 Å². The molecule has 0 aliphatic carbocycles. The minimum Gasteiger partial charge on any atom is -0.396 e. The number of hydrogen-bond acceptors (Lipinski definition) is 1. The molecule has 0 aliphatic heterocycles. The molecular formula is C8H17IO. The zero-order valence-corrected chi connectivity index (χ0v) is 8.80. The van der Waals surface area contributed by atoms with E-state index in [2.05, 4.69) is 29.5 Å². The molecule has 62 valence electrons. The second-order valence-electron chi connectivity index (χ2n) is 2.80. The lowest BCUT2D eigenvalue weighted by Crippen LogP contribution is -1.96. The highest BCUT2D eigenvalue weighted by Gasteiger charge is 1.99. The lowest BCUT2D eigenvalue weighted by Gasteiger charge is -2.07. The molecule has 0 heterocycles. The largest absolute Gasteiger partial charge is 0.396 e. The van der Waals surface area contributed by atoms with E-state index in [0.717, 1.165) is 12.3 Å². The SMILES string of the molecule is C[C@H](CCCO)CCCI. The number of halogens is 1. The fourth-order valence-electron chi connectivity index (χ4n) is 1.01. The maximum atomic E-state index is 8.54. The smallest absolute Gasteiger partial charge is 0.0431 e. The molecule has 1 atom stereocenters. The van der Waals surface area contributed by atoms with Gasteiger partial charge in [-0.2, -0.15) is 0 Å². The van der Waals surface area contributed by atoms with Crippen LogP contribution in [-0.4, -0.2) is 16.1 Å². The van der Waals surface area contributed by atoms with Crippen molar-refractivity contribution in [1.82, 2.24) is 0 Å². The Labute approximate surface area is 77.3 Å². The maximum absolute atomic E-state index is 8.54. The van der Waals surface area contributed by atoms with E-state index in [1.807, 2.05) is 0 Å². The van der Waals surface area contributed by atoms with Gasteiger partial charge in [0.15, 0.2) is 0 Å². The number of hydrogen-bond donors (Lipinski definition) is 1. The molecular weight excluding hydrogens is 239 g/mol. The molecule has 0 saturated carbocycles. The predicted molar refractivity (Wildman–Crippen MR) is 53.6 cm³/mol. The third-order valence-electron chi connectivity index (χ3n) is 1.69. The zero-order chi connectivity index (χ0) is 7.82. The third-order valence-corrected chi connectivity index (χ3v) is 2.45. The van der Waals surface area contributed by atoms with E-state index in [1.54, 1.807) is 0 Å². The standard InChI is InChI=1S/C8H17IO/c1-8(4-2-6-9)5-3-7-10/h8,10H,2-7H2,1H3/t8-/m0/s1. The average molecular weight is 256 g/mol. The molecule has 0 amide bonds. The van der Waals surface area contributed by atoms with Gasteiger partial charge in [-0.15, -0.1) is 0 Å². The Bertz CT molecular complexity index is 58.3. The Morgan fingerprint density at radius 1 is 1.30 bits per heavy atom. The van der Waals surface area contributed by atoms with E-state index in [9.17, 15) is 0 Å². The molecule has 0 bridgehead atoms. The molecule has 0 aromatic rings. The van der Waals surface area contributed by atoms with Crippen LogP contribution in [0.5, 0.6) is 0 Å². The predicted octanol–water partition coefficient (Wildman–Crippen LogP) is 2.61. The summed E-state index contributed by atoms with van der Waals surface area (Å²) in [6.45, 7) is 2.62. The maximum Gasteiger partial charge on any atom is 0.0431 e. The molecule has 0 saturated heterocycles. The topological polar surface area (TPSA) is 20.2 Å². The van der Waals surface area contributed by atoms with E-state index in [1.165, 1.54) is 23.7 Å². The molecule has 0 fully saturated rings. The van der Waals surface area contributed by atoms with Gasteiger partial charge in [-0.05, 0) is 36.0 Å². The summed E-state index contributed by atoms with van der Waals surface area (Å²) >= 11 is 2.41. The number of aliphatic hydroxyl groups excluding tert-OH is 1. The van der Waals surface area contributed by atoms with Crippen LogP contribution >= 0.6 is 22.6 Å². The van der Waals surface area contributed by atoms with Crippen LogP contribution in [0.25, 0.3) is 0 Å². The van der Waals surface area contributed by atoms with E-state index in [-0.39, 0.29) is 0 Å². The molecule has 0 aromatic carbocycles. The van der Waals surface area contributed by atoms with Crippen LogP contribution in [0.3, 0.4) is 0 Å². The van der Waals surface area contributed by atoms with E-state index >= 15 is 0 Å². The van der Waals surface area contributed by atoms with Crippen molar-refractivity contribution in [3.05, 3.63) is 0 Å². The summed E-state index contributed by atoms with van der Waals surface area (Å²) < 4.78 is 1.27. The van der Waals surface area contributed by atoms with Crippen molar-refractivity contribution < 1.29 is 5.11 Å². The molecule has 0 spiro atoms. The molecule has 10 heavy (non-hydrogen) atoms. The zero-order valence-electron chi connectivity index (χ0n) is 6.65. The Morgan fingerprint density at radius 2 is 1.90 bits per heavy atom. The van der Waals surface area contributed by atoms with Gasteiger partial charge in [-0.1, -0.05) is 29.5 Å². The van der Waals surface area contributed by atoms with Crippen LogP contribution in [-0.2, 0) is 0 Å². The van der Waals surface area contributed by atoms with Crippen molar-refractivity contribution in [3.63, 3.8) is 0 Å². The summed E-state index contributed by atoms with van der Waals surface area (Å²) in [7, 11) is 0. The number of aliphatic hydroxyl groups is 1. The molecule has 0 aliphatic rings. The monoisotopic (exact) mass is 256 g/mol. The van der Waals surface area contributed by atoms with Gasteiger partial charge in [0, 0.05) is 6.61 Å². The Hall–Kier alpha value is 0.690. The van der Waals surface area contributed by atoms with Gasteiger partial charge in [0.1, 0.15) is 0 Å². The number of rotatable bonds is 6. The van der Waals surface area contributed by atoms with E-state index in [4.69, 9.17) is 5.11 Å². The van der Waals surface area contributed by atoms with Gasteiger partial charge in [-0.25, -0.2) is 0 Å². The van der Waals surface area contributed by atoms with Crippen LogP contribution in [0.4, 0.5) is 0 Å². The summed E-state index contributed by atoms with van der Waals surface area (Å²) in [6.07, 6.45) is 4.81. The first-order chi connectivity index (χ1) is 4.81. The van der Waals surface area contributed by atoms with Crippen LogP contribution < -0.4 is 0 Å². The highest BCUT2D eigenvalue weighted by Crippen LogP contribution is 2.12. The molecule has 1 N–H and O–H groups in total. The quantitative estimate of drug-likeness (QED) is 0.572. The molecule has 1 nitrogen and oxygen atoms in total. The van der Waals surface area contributed by atoms with Crippen LogP contribution in [0.2, 0.25) is 0 Å². The minimum atomic E-state index is 0.356. The highest BCUT2D eigenvalue weighted by molar-refractivity contribution is 14.1. The molecule has 0 rings (SSSR count). The normalized spacial score (nSPS) is 13.5. The number of alkyl halides is 1. The van der Waals surface area contributed by atoms with Crippen molar-refractivity contribution in [2.75, 3.05) is 11.0 Å². The highest BCUT2D eigenvalue weighted by atomic mass is 127. The fraction of sp³-hybridized carbons (Fsp3) is 1.00. The minimum absolute atomic E-state index is 0.356. The summed E-state index contributed by atoms with van der Waals surface area (Å²) in [5.74, 6) is 0.807. The van der Waals surface area contributed by atoms with Gasteiger partial charge < -0.3 is 5.11 Å². The first kappa shape index (κ1) is 10.7. The van der Waals surface area contributed by atoms with Crippen molar-refractivity contribution in [1.29, 1.82) is 0 Å². The van der Waals surface area contributed by atoms with Gasteiger partial charge in [0.25, 0.3) is 0 Å². The van der Waals surface area contributed by atoms with Gasteiger partial charge in [0.2, 0.25) is 0 Å². The van der Waals surface area contributed by atoms with Crippen molar-refractivity contribution >= 4 is 22.6 Å². The van der Waals surface area contributed by atoms with E-state index in [0.29, 0.717) is 6.61 Å². The first-order valence-electron chi connectivity index (χ1n) is 3.98. The molecule has 0 radical (unpaired) electrons. The molecule has 0 aromatic heterocycles. The Balaban J connectivity index is 3.00. The summed E-state index contributed by atoms with van der Waals surface area (Å²) in [5.41, 5.74) is 0. The summed E-state index contributed by atoms with van der Waals surface area (Å²) in [6, 6.07) is 0. The third kappa shape index (κ3) is 6.81. The van der Waals surface area contributed by atoms with Gasteiger partial charge in [0.05, 0.1) is 0 Å². The second-order valence-corrected chi connectivity index (χ2v) is 3.88. The average Bonchev–Trinajstić information content (AvgIpc) is 1.97. The van der Waals surface area contributed by atoms with Crippen molar-refractivity contribution in [2.24, 2.45) is 5.92 Å². The first-order valence-corrected chi connectivity index (χ1v) is 5.50. The van der Waals surface area contributed by atoms with Crippen molar-refractivity contribution in [2.45, 2.75) is 32.6 Å². The Morgan fingerprint density at radius 3 is 2.40 bits per heavy atom. The van der Waals surface area contributed by atoms with Crippen LogP contribution in [0.1, 0.15) is 32.6 Å². The lowest BCUT2D eigenvalue weighted by molar-refractivity contribution is 0.271. The van der Waals surface area contributed by atoms with E-state index < -0.39 is 0 Å². The van der Waals surface area contributed by atoms with Gasteiger partial charge in [-0.3, -0.25) is 0 Å². The second kappa shape index (κ2) is 7.79. The molecule has 0 unspecified atom stereocenters. The lowest BCUT2D eigenvalue weighted by atomic mass is 10.0. The molecule has 2 heteroatoms. The fourth-order valence-corrected chi connectivity index (χ4v) is 1.45. The van der Waals surface area contributed by atoms with Crippen molar-refractivity contribution in [3.8, 4) is 0 Å². The summed E-state index contributed by atoms with van der Waals surface area (Å²) in [5, 5.41) is 8.54. The Kier molecular flexibility index (Phi) is 8.33. The van der Waals surface area contributed by atoms with Gasteiger partial charge >= 0.3 is 0 Å².